The Morgan fingerprint density at radius 3 is 2.64 bits per heavy atom. The van der Waals surface area contributed by atoms with Crippen LogP contribution in [0.2, 0.25) is 0 Å². The molecule has 0 aromatic carbocycles. The molecule has 11 heavy (non-hydrogen) atoms. The van der Waals surface area contributed by atoms with Crippen molar-refractivity contribution >= 4 is 19.2 Å². The van der Waals surface area contributed by atoms with Crippen LogP contribution in [0.15, 0.2) is 0 Å². The van der Waals surface area contributed by atoms with E-state index in [1.807, 2.05) is 0 Å². The molecule has 0 aromatic heterocycles. The van der Waals surface area contributed by atoms with Gasteiger partial charge < -0.3 is 4.52 Å². The van der Waals surface area contributed by atoms with Gasteiger partial charge in [0.15, 0.2) is 0 Å². The number of hydrogen-bond donors (Lipinski definition) is 0. The zero-order chi connectivity index (χ0) is 8.91. The van der Waals surface area contributed by atoms with Gasteiger partial charge in [-0.3, -0.25) is 9.09 Å². The molecule has 0 aliphatic heterocycles. The van der Waals surface area contributed by atoms with E-state index in [1.54, 1.807) is 6.92 Å². The van der Waals surface area contributed by atoms with Crippen LogP contribution in [0.1, 0.15) is 6.92 Å². The summed E-state index contributed by atoms with van der Waals surface area (Å²) in [5.74, 6) is -0.342. The Labute approximate surface area is 70.4 Å². The summed E-state index contributed by atoms with van der Waals surface area (Å²) < 4.78 is 32.4. The average Bonchev–Trinajstić information content (AvgIpc) is 1.86. The highest BCUT2D eigenvalue weighted by atomic mass is 35.5. The van der Waals surface area contributed by atoms with Crippen LogP contribution >= 0.6 is 19.2 Å². The van der Waals surface area contributed by atoms with Gasteiger partial charge >= 0.3 is 7.60 Å². The minimum atomic E-state index is -3.22. The molecule has 0 N–H and O–H groups in total. The first-order valence-corrected chi connectivity index (χ1v) is 5.64. The van der Waals surface area contributed by atoms with Crippen molar-refractivity contribution in [3.63, 3.8) is 0 Å². The van der Waals surface area contributed by atoms with E-state index in [9.17, 15) is 8.96 Å². The van der Waals surface area contributed by atoms with Crippen LogP contribution in [0.3, 0.4) is 0 Å². The van der Waals surface area contributed by atoms with Crippen LogP contribution in [0.25, 0.3) is 0 Å². The third kappa shape index (κ3) is 5.62. The third-order valence-corrected chi connectivity index (χ3v) is 2.37. The van der Waals surface area contributed by atoms with Crippen molar-refractivity contribution in [2.75, 3.05) is 19.2 Å². The van der Waals surface area contributed by atoms with E-state index >= 15 is 0 Å². The minimum Gasteiger partial charge on any atom is -0.309 e. The van der Waals surface area contributed by atoms with Crippen molar-refractivity contribution in [2.45, 2.75) is 13.3 Å². The second-order valence-corrected chi connectivity index (χ2v) is 4.18. The lowest BCUT2D eigenvalue weighted by atomic mass is 10.8. The van der Waals surface area contributed by atoms with Gasteiger partial charge in [0.1, 0.15) is 0 Å². The molecule has 2 atom stereocenters. The maximum atomic E-state index is 12.3. The lowest BCUT2D eigenvalue weighted by molar-refractivity contribution is 0.0681. The summed E-state index contributed by atoms with van der Waals surface area (Å²) in [6, 6.07) is 0. The van der Waals surface area contributed by atoms with Crippen molar-refractivity contribution in [1.82, 2.24) is 0 Å². The van der Waals surface area contributed by atoms with E-state index in [0.29, 0.717) is 0 Å². The maximum absolute atomic E-state index is 12.3. The molecule has 0 saturated heterocycles. The van der Waals surface area contributed by atoms with E-state index < -0.39 is 14.0 Å². The van der Waals surface area contributed by atoms with Crippen molar-refractivity contribution in [1.29, 1.82) is 0 Å². The molecule has 0 radical (unpaired) electrons. The monoisotopic (exact) mass is 204 g/mol. The van der Waals surface area contributed by atoms with Crippen LogP contribution in [0.4, 0.5) is 4.39 Å². The zero-order valence-electron chi connectivity index (χ0n) is 6.42. The van der Waals surface area contributed by atoms with Gasteiger partial charge in [0.2, 0.25) is 6.36 Å². The molecule has 0 fully saturated rings. The number of halogens is 2. The maximum Gasteiger partial charge on any atom is 0.330 e. The minimum absolute atomic E-state index is 0.225. The fourth-order valence-electron chi connectivity index (χ4n) is 0.501. The van der Waals surface area contributed by atoms with Crippen LogP contribution < -0.4 is 0 Å². The SMILES string of the molecule is CCOP(C)(=O)OC(F)CCl. The van der Waals surface area contributed by atoms with E-state index in [4.69, 9.17) is 11.6 Å². The standard InChI is InChI=1S/C5H11ClFO3P/c1-3-9-11(2,8)10-5(7)4-6/h5H,3-4H2,1-2H3. The Hall–Kier alpha value is 0.370. The van der Waals surface area contributed by atoms with E-state index in [1.165, 1.54) is 6.66 Å². The van der Waals surface area contributed by atoms with E-state index in [2.05, 4.69) is 9.05 Å². The first kappa shape index (κ1) is 11.4. The zero-order valence-corrected chi connectivity index (χ0v) is 8.07. The molecule has 0 spiro atoms. The van der Waals surface area contributed by atoms with Gasteiger partial charge in [0.05, 0.1) is 12.5 Å². The Morgan fingerprint density at radius 1 is 1.73 bits per heavy atom. The molecule has 0 bridgehead atoms. The summed E-state index contributed by atoms with van der Waals surface area (Å²) in [5.41, 5.74) is 0. The summed E-state index contributed by atoms with van der Waals surface area (Å²) in [6.45, 7) is 3.08. The van der Waals surface area contributed by atoms with Crippen LogP contribution in [0.5, 0.6) is 0 Å². The van der Waals surface area contributed by atoms with Crippen molar-refractivity contribution < 1.29 is 18.0 Å². The molecule has 6 heteroatoms. The van der Waals surface area contributed by atoms with Crippen LogP contribution in [0, 0.1) is 0 Å². The number of alkyl halides is 2. The van der Waals surface area contributed by atoms with Gasteiger partial charge in [-0.25, -0.2) is 4.39 Å². The third-order valence-electron chi connectivity index (χ3n) is 0.791. The van der Waals surface area contributed by atoms with Gasteiger partial charge in [-0.05, 0) is 6.92 Å². The van der Waals surface area contributed by atoms with Crippen LogP contribution in [-0.2, 0) is 13.6 Å². The molecule has 0 amide bonds. The van der Waals surface area contributed by atoms with Gasteiger partial charge in [-0.1, -0.05) is 0 Å². The first-order valence-electron chi connectivity index (χ1n) is 3.12. The highest BCUT2D eigenvalue weighted by Crippen LogP contribution is 2.45. The van der Waals surface area contributed by atoms with Crippen molar-refractivity contribution in [3.8, 4) is 0 Å². The molecule has 68 valence electrons. The molecular weight excluding hydrogens is 193 g/mol. The van der Waals surface area contributed by atoms with Crippen LogP contribution in [-0.4, -0.2) is 25.5 Å². The van der Waals surface area contributed by atoms with Gasteiger partial charge in [0.25, 0.3) is 0 Å². The molecule has 0 rings (SSSR count). The molecule has 3 nitrogen and oxygen atoms in total. The summed E-state index contributed by atoms with van der Waals surface area (Å²) >= 11 is 5.08. The Bertz CT molecular complexity index is 155. The smallest absolute Gasteiger partial charge is 0.309 e. The highest BCUT2D eigenvalue weighted by Gasteiger charge is 2.21. The van der Waals surface area contributed by atoms with Gasteiger partial charge in [0, 0.05) is 6.66 Å². The summed E-state index contributed by atoms with van der Waals surface area (Å²) in [4.78, 5) is 0. The molecule has 0 heterocycles. The predicted octanol–water partition coefficient (Wildman–Crippen LogP) is 2.40. The van der Waals surface area contributed by atoms with E-state index in [0.717, 1.165) is 0 Å². The Kier molecular flexibility index (Phi) is 5.26. The summed E-state index contributed by atoms with van der Waals surface area (Å²) in [5, 5.41) is 0. The quantitative estimate of drug-likeness (QED) is 0.510. The average molecular weight is 205 g/mol. The lowest BCUT2D eigenvalue weighted by Gasteiger charge is -2.14. The molecule has 0 saturated carbocycles. The Morgan fingerprint density at radius 2 is 2.27 bits per heavy atom. The van der Waals surface area contributed by atoms with Gasteiger partial charge in [-0.2, -0.15) is 0 Å². The van der Waals surface area contributed by atoms with Gasteiger partial charge in [-0.15, -0.1) is 11.6 Å². The molecular formula is C5H11ClFO3P. The number of hydrogen-bond acceptors (Lipinski definition) is 3. The first-order chi connectivity index (χ1) is 5.02. The fraction of sp³-hybridized carbons (Fsp3) is 1.00. The largest absolute Gasteiger partial charge is 0.330 e. The topological polar surface area (TPSA) is 35.5 Å². The molecule has 0 aliphatic rings. The van der Waals surface area contributed by atoms with Crippen molar-refractivity contribution in [2.24, 2.45) is 0 Å². The van der Waals surface area contributed by atoms with Crippen molar-refractivity contribution in [3.05, 3.63) is 0 Å². The second-order valence-electron chi connectivity index (χ2n) is 1.86. The van der Waals surface area contributed by atoms with E-state index in [-0.39, 0.29) is 12.5 Å². The summed E-state index contributed by atoms with van der Waals surface area (Å²) in [6.07, 6.45) is -1.72. The fourth-order valence-corrected chi connectivity index (χ4v) is 1.67. The Balaban J connectivity index is 3.81. The summed E-state index contributed by atoms with van der Waals surface area (Å²) in [7, 11) is -3.22. The molecule has 2 unspecified atom stereocenters. The number of rotatable bonds is 5. The molecule has 0 aliphatic carbocycles. The highest BCUT2D eigenvalue weighted by molar-refractivity contribution is 7.52. The predicted molar refractivity (Wildman–Crippen MR) is 41.9 cm³/mol. The lowest BCUT2D eigenvalue weighted by Crippen LogP contribution is -2.07. The second kappa shape index (κ2) is 5.09. The normalized spacial score (nSPS) is 19.3. The molecule has 0 aromatic rings.